The molecule has 0 amide bonds. The first-order valence-electron chi connectivity index (χ1n) is 17.2. The summed E-state index contributed by atoms with van der Waals surface area (Å²) in [7, 11) is 0. The van der Waals surface area contributed by atoms with Gasteiger partial charge in [-0.25, -0.2) is 0 Å². The van der Waals surface area contributed by atoms with E-state index in [2.05, 4.69) is 26.0 Å². The molecule has 5 heteroatoms. The lowest BCUT2D eigenvalue weighted by molar-refractivity contribution is -0.165. The van der Waals surface area contributed by atoms with E-state index >= 15 is 0 Å². The van der Waals surface area contributed by atoms with Crippen LogP contribution in [0, 0.1) is 0 Å². The van der Waals surface area contributed by atoms with Crippen molar-refractivity contribution in [3.05, 3.63) is 12.2 Å². The van der Waals surface area contributed by atoms with E-state index in [1.54, 1.807) is 0 Å². The van der Waals surface area contributed by atoms with Gasteiger partial charge >= 0.3 is 0 Å². The first-order chi connectivity index (χ1) is 19.4. The van der Waals surface area contributed by atoms with Crippen LogP contribution in [0.5, 0.6) is 0 Å². The summed E-state index contributed by atoms with van der Waals surface area (Å²) in [5, 5.41) is 30.7. The SMILES string of the molecule is CCCCCCC=CCCCCCCCC(=O)C(O)C(O)(CO)C(=O)CCCCCCCCCCCCCCC. The molecule has 0 aromatic heterocycles. The van der Waals surface area contributed by atoms with Gasteiger partial charge in [-0.3, -0.25) is 9.59 Å². The molecule has 0 aromatic carbocycles. The van der Waals surface area contributed by atoms with Crippen LogP contribution in [-0.2, 0) is 9.59 Å². The first-order valence-corrected chi connectivity index (χ1v) is 17.2. The van der Waals surface area contributed by atoms with Crippen molar-refractivity contribution in [1.29, 1.82) is 0 Å². The van der Waals surface area contributed by atoms with Gasteiger partial charge < -0.3 is 15.3 Å². The lowest BCUT2D eigenvalue weighted by Gasteiger charge is -2.29. The van der Waals surface area contributed by atoms with E-state index in [1.807, 2.05) is 0 Å². The van der Waals surface area contributed by atoms with Crippen LogP contribution in [0.4, 0.5) is 0 Å². The molecule has 2 unspecified atom stereocenters. The summed E-state index contributed by atoms with van der Waals surface area (Å²) in [6.45, 7) is 3.54. The van der Waals surface area contributed by atoms with Gasteiger partial charge in [0.05, 0.1) is 6.61 Å². The molecule has 0 heterocycles. The fourth-order valence-corrected chi connectivity index (χ4v) is 5.27. The third kappa shape index (κ3) is 20.8. The van der Waals surface area contributed by atoms with Gasteiger partial charge in [0.25, 0.3) is 0 Å². The zero-order valence-corrected chi connectivity index (χ0v) is 26.5. The number of carbonyl (C=O) groups excluding carboxylic acids is 2. The van der Waals surface area contributed by atoms with E-state index in [9.17, 15) is 24.9 Å². The topological polar surface area (TPSA) is 94.8 Å². The summed E-state index contributed by atoms with van der Waals surface area (Å²) in [5.74, 6) is -1.18. The van der Waals surface area contributed by atoms with Crippen molar-refractivity contribution >= 4 is 11.6 Å². The van der Waals surface area contributed by atoms with Crippen molar-refractivity contribution in [2.75, 3.05) is 6.61 Å². The van der Waals surface area contributed by atoms with Crippen molar-refractivity contribution in [2.24, 2.45) is 0 Å². The zero-order valence-electron chi connectivity index (χ0n) is 26.5. The molecule has 0 bridgehead atoms. The number of aliphatic hydroxyl groups is 3. The molecule has 0 aliphatic rings. The molecule has 0 saturated heterocycles. The number of hydrogen-bond acceptors (Lipinski definition) is 5. The fraction of sp³-hybridized carbons (Fsp3) is 0.886. The molecule has 0 spiro atoms. The third-order valence-electron chi connectivity index (χ3n) is 8.17. The Morgan fingerprint density at radius 3 is 1.35 bits per heavy atom. The molecule has 0 fully saturated rings. The second-order valence-corrected chi connectivity index (χ2v) is 12.0. The average molecular weight is 567 g/mol. The quantitative estimate of drug-likeness (QED) is 0.0575. The molecule has 0 aliphatic heterocycles. The van der Waals surface area contributed by atoms with Crippen LogP contribution in [0.15, 0.2) is 12.2 Å². The second kappa shape index (κ2) is 28.1. The highest BCUT2D eigenvalue weighted by molar-refractivity contribution is 5.96. The molecule has 236 valence electrons. The van der Waals surface area contributed by atoms with Gasteiger partial charge in [0.1, 0.15) is 0 Å². The van der Waals surface area contributed by atoms with E-state index < -0.39 is 29.9 Å². The number of allylic oxidation sites excluding steroid dienone is 2. The van der Waals surface area contributed by atoms with E-state index in [0.29, 0.717) is 12.8 Å². The Bertz CT molecular complexity index is 617. The van der Waals surface area contributed by atoms with E-state index in [1.165, 1.54) is 89.9 Å². The number of rotatable bonds is 31. The van der Waals surface area contributed by atoms with Crippen LogP contribution in [-0.4, -0.2) is 45.2 Å². The minimum atomic E-state index is -2.38. The van der Waals surface area contributed by atoms with Crippen molar-refractivity contribution in [2.45, 2.75) is 192 Å². The Morgan fingerprint density at radius 1 is 0.575 bits per heavy atom. The van der Waals surface area contributed by atoms with Crippen LogP contribution < -0.4 is 0 Å². The average Bonchev–Trinajstić information content (AvgIpc) is 2.96. The van der Waals surface area contributed by atoms with Gasteiger partial charge in [-0.05, 0) is 38.5 Å². The van der Waals surface area contributed by atoms with Gasteiger partial charge in [0.2, 0.25) is 0 Å². The van der Waals surface area contributed by atoms with Crippen molar-refractivity contribution < 1.29 is 24.9 Å². The molecular formula is C35H66O5. The third-order valence-corrected chi connectivity index (χ3v) is 8.17. The Morgan fingerprint density at radius 2 is 0.925 bits per heavy atom. The lowest BCUT2D eigenvalue weighted by atomic mass is 9.85. The van der Waals surface area contributed by atoms with Crippen LogP contribution in [0.1, 0.15) is 181 Å². The maximum absolute atomic E-state index is 12.6. The monoisotopic (exact) mass is 566 g/mol. The fourth-order valence-electron chi connectivity index (χ4n) is 5.27. The minimum absolute atomic E-state index is 0.0757. The summed E-state index contributed by atoms with van der Waals surface area (Å²) in [6.07, 6.45) is 30.6. The van der Waals surface area contributed by atoms with Crippen molar-refractivity contribution in [3.63, 3.8) is 0 Å². The number of Topliss-reactive ketones (excluding diaryl/α,β-unsaturated/α-hetero) is 2. The van der Waals surface area contributed by atoms with Gasteiger partial charge in [-0.15, -0.1) is 0 Å². The molecule has 5 nitrogen and oxygen atoms in total. The standard InChI is InChI=1S/C35H66O5/c1-3-5-7-9-11-13-15-17-19-21-23-25-27-29-32(37)34(39)35(40,31-36)33(38)30-28-26-24-22-20-18-16-14-12-10-8-6-4-2/h13,15,34,36,39-40H,3-12,14,16-31H2,1-2H3. The first kappa shape index (κ1) is 39.0. The van der Waals surface area contributed by atoms with E-state index in [-0.39, 0.29) is 12.8 Å². The van der Waals surface area contributed by atoms with Crippen LogP contribution >= 0.6 is 0 Å². The zero-order chi connectivity index (χ0) is 29.7. The van der Waals surface area contributed by atoms with E-state index in [4.69, 9.17) is 0 Å². The van der Waals surface area contributed by atoms with Gasteiger partial charge in [0, 0.05) is 12.8 Å². The molecule has 0 rings (SSSR count). The maximum Gasteiger partial charge on any atom is 0.178 e. The molecule has 0 aliphatic carbocycles. The normalized spacial score (nSPS) is 14.0. The molecule has 0 saturated carbocycles. The Labute approximate surface area is 247 Å². The molecule has 2 atom stereocenters. The molecule has 40 heavy (non-hydrogen) atoms. The van der Waals surface area contributed by atoms with Crippen molar-refractivity contribution in [3.8, 4) is 0 Å². The highest BCUT2D eigenvalue weighted by Gasteiger charge is 2.45. The molecular weight excluding hydrogens is 500 g/mol. The number of carbonyl (C=O) groups is 2. The molecule has 0 aromatic rings. The molecule has 0 radical (unpaired) electrons. The van der Waals surface area contributed by atoms with Crippen molar-refractivity contribution in [1.82, 2.24) is 0 Å². The summed E-state index contributed by atoms with van der Waals surface area (Å²) >= 11 is 0. The Kier molecular flexibility index (Phi) is 27.4. The van der Waals surface area contributed by atoms with Crippen LogP contribution in [0.3, 0.4) is 0 Å². The summed E-state index contributed by atoms with van der Waals surface area (Å²) < 4.78 is 0. The Hall–Kier alpha value is -1.04. The van der Waals surface area contributed by atoms with Crippen LogP contribution in [0.2, 0.25) is 0 Å². The number of unbranched alkanes of at least 4 members (excludes halogenated alkanes) is 21. The number of ketones is 2. The summed E-state index contributed by atoms with van der Waals surface area (Å²) in [4.78, 5) is 25.1. The largest absolute Gasteiger partial charge is 0.393 e. The summed E-state index contributed by atoms with van der Waals surface area (Å²) in [5.41, 5.74) is -2.38. The highest BCUT2D eigenvalue weighted by Crippen LogP contribution is 2.20. The second-order valence-electron chi connectivity index (χ2n) is 12.0. The Balaban J connectivity index is 3.91. The van der Waals surface area contributed by atoms with E-state index in [0.717, 1.165) is 51.4 Å². The number of hydrogen-bond donors (Lipinski definition) is 3. The van der Waals surface area contributed by atoms with Gasteiger partial charge in [-0.2, -0.15) is 0 Å². The number of aliphatic hydroxyl groups excluding tert-OH is 2. The maximum atomic E-state index is 12.6. The smallest absolute Gasteiger partial charge is 0.178 e. The van der Waals surface area contributed by atoms with Gasteiger partial charge in [-0.1, -0.05) is 142 Å². The lowest BCUT2D eigenvalue weighted by Crippen LogP contribution is -2.55. The predicted octanol–water partition coefficient (Wildman–Crippen LogP) is 8.95. The van der Waals surface area contributed by atoms with Gasteiger partial charge in [0.15, 0.2) is 23.3 Å². The van der Waals surface area contributed by atoms with Crippen LogP contribution in [0.25, 0.3) is 0 Å². The highest BCUT2D eigenvalue weighted by atomic mass is 16.4. The predicted molar refractivity (Wildman–Crippen MR) is 169 cm³/mol. The molecule has 3 N–H and O–H groups in total. The minimum Gasteiger partial charge on any atom is -0.393 e. The summed E-state index contributed by atoms with van der Waals surface area (Å²) in [6, 6.07) is 0.